The second-order valence-corrected chi connectivity index (χ2v) is 3.76. The minimum absolute atomic E-state index is 0.399. The van der Waals surface area contributed by atoms with Gasteiger partial charge in [-0.3, -0.25) is 0 Å². The average Bonchev–Trinajstić information content (AvgIpc) is 2.57. The quantitative estimate of drug-likeness (QED) is 0.749. The van der Waals surface area contributed by atoms with E-state index < -0.39 is 0 Å². The molecule has 1 saturated carbocycles. The topological polar surface area (TPSA) is 51.8 Å². The lowest BCUT2D eigenvalue weighted by atomic mass is 10.0. The molecule has 0 atom stereocenters. The molecule has 3 nitrogen and oxygen atoms in total. The molecule has 1 aromatic heterocycles. The molecule has 1 aromatic rings. The Balaban J connectivity index is 2.00. The Bertz CT molecular complexity index is 279. The van der Waals surface area contributed by atoms with Gasteiger partial charge in [0.25, 0.3) is 0 Å². The molecule has 2 rings (SSSR count). The molecule has 3 heteroatoms. The van der Waals surface area contributed by atoms with Crippen molar-refractivity contribution < 1.29 is 0 Å². The van der Waals surface area contributed by atoms with E-state index in [2.05, 4.69) is 9.97 Å². The number of nitrogen functional groups attached to an aromatic ring is 1. The Labute approximate surface area is 78.4 Å². The molecule has 0 radical (unpaired) electrons. The van der Waals surface area contributed by atoms with Gasteiger partial charge in [-0.1, -0.05) is 25.7 Å². The molecule has 1 aliphatic rings. The maximum Gasteiger partial charge on any atom is 0.220 e. The number of nitrogens with zero attached hydrogens (tertiary/aromatic N) is 2. The van der Waals surface area contributed by atoms with E-state index in [-0.39, 0.29) is 0 Å². The van der Waals surface area contributed by atoms with Crippen molar-refractivity contribution in [2.45, 2.75) is 32.1 Å². The molecule has 1 heterocycles. The van der Waals surface area contributed by atoms with Crippen molar-refractivity contribution in [1.82, 2.24) is 9.97 Å². The van der Waals surface area contributed by atoms with Gasteiger partial charge >= 0.3 is 0 Å². The average molecular weight is 177 g/mol. The van der Waals surface area contributed by atoms with Crippen LogP contribution in [0.15, 0.2) is 12.3 Å². The zero-order chi connectivity index (χ0) is 9.10. The number of aromatic nitrogens is 2. The summed E-state index contributed by atoms with van der Waals surface area (Å²) in [5.74, 6) is 1.23. The molecule has 0 saturated heterocycles. The van der Waals surface area contributed by atoms with E-state index in [1.54, 1.807) is 6.20 Å². The van der Waals surface area contributed by atoms with Crippen molar-refractivity contribution in [3.8, 4) is 0 Å². The number of hydrogen-bond donors (Lipinski definition) is 1. The largest absolute Gasteiger partial charge is 0.368 e. The first-order chi connectivity index (χ1) is 6.34. The molecular formula is C10H15N3. The Morgan fingerprint density at radius 3 is 2.85 bits per heavy atom. The van der Waals surface area contributed by atoms with Gasteiger partial charge in [-0.25, -0.2) is 9.97 Å². The van der Waals surface area contributed by atoms with Crippen LogP contribution >= 0.6 is 0 Å². The molecular weight excluding hydrogens is 162 g/mol. The minimum atomic E-state index is 0.399. The second-order valence-electron chi connectivity index (χ2n) is 3.76. The van der Waals surface area contributed by atoms with Crippen LogP contribution in [0.3, 0.4) is 0 Å². The lowest BCUT2D eigenvalue weighted by Gasteiger charge is -2.07. The summed E-state index contributed by atoms with van der Waals surface area (Å²) in [5, 5.41) is 0. The van der Waals surface area contributed by atoms with E-state index >= 15 is 0 Å². The predicted molar refractivity (Wildman–Crippen MR) is 52.1 cm³/mol. The lowest BCUT2D eigenvalue weighted by molar-refractivity contribution is 0.539. The highest BCUT2D eigenvalue weighted by Crippen LogP contribution is 2.27. The molecule has 0 spiro atoms. The van der Waals surface area contributed by atoms with Gasteiger partial charge in [0.15, 0.2) is 0 Å². The fraction of sp³-hybridized carbons (Fsp3) is 0.600. The zero-order valence-corrected chi connectivity index (χ0v) is 7.74. The maximum absolute atomic E-state index is 5.51. The lowest BCUT2D eigenvalue weighted by Crippen LogP contribution is -2.03. The molecule has 0 aromatic carbocycles. The summed E-state index contributed by atoms with van der Waals surface area (Å²) in [7, 11) is 0. The van der Waals surface area contributed by atoms with Gasteiger partial charge in [0.2, 0.25) is 5.95 Å². The molecule has 2 N–H and O–H groups in total. The van der Waals surface area contributed by atoms with Crippen LogP contribution in [-0.4, -0.2) is 9.97 Å². The van der Waals surface area contributed by atoms with Crippen molar-refractivity contribution >= 4 is 5.95 Å². The van der Waals surface area contributed by atoms with E-state index in [0.29, 0.717) is 5.95 Å². The summed E-state index contributed by atoms with van der Waals surface area (Å²) in [6.45, 7) is 0. The Morgan fingerprint density at radius 1 is 1.38 bits per heavy atom. The van der Waals surface area contributed by atoms with E-state index in [0.717, 1.165) is 18.0 Å². The highest BCUT2D eigenvalue weighted by molar-refractivity contribution is 5.17. The number of nitrogens with two attached hydrogens (primary N) is 1. The summed E-state index contributed by atoms with van der Waals surface area (Å²) >= 11 is 0. The fourth-order valence-corrected chi connectivity index (χ4v) is 2.04. The van der Waals surface area contributed by atoms with Crippen LogP contribution in [0.2, 0.25) is 0 Å². The van der Waals surface area contributed by atoms with Crippen LogP contribution in [0.25, 0.3) is 0 Å². The molecule has 1 aliphatic carbocycles. The van der Waals surface area contributed by atoms with E-state index in [1.165, 1.54) is 25.7 Å². The smallest absolute Gasteiger partial charge is 0.220 e. The van der Waals surface area contributed by atoms with Crippen LogP contribution in [0.5, 0.6) is 0 Å². The summed E-state index contributed by atoms with van der Waals surface area (Å²) in [6, 6.07) is 1.97. The van der Waals surface area contributed by atoms with Gasteiger partial charge in [0, 0.05) is 11.9 Å². The first-order valence-electron chi connectivity index (χ1n) is 4.92. The van der Waals surface area contributed by atoms with Crippen molar-refractivity contribution in [3.05, 3.63) is 18.0 Å². The Morgan fingerprint density at radius 2 is 2.15 bits per heavy atom. The van der Waals surface area contributed by atoms with Crippen LogP contribution in [0, 0.1) is 5.92 Å². The van der Waals surface area contributed by atoms with Crippen molar-refractivity contribution in [1.29, 1.82) is 0 Å². The van der Waals surface area contributed by atoms with Gasteiger partial charge in [0.1, 0.15) is 0 Å². The zero-order valence-electron chi connectivity index (χ0n) is 7.74. The van der Waals surface area contributed by atoms with Gasteiger partial charge in [-0.15, -0.1) is 0 Å². The molecule has 0 unspecified atom stereocenters. The van der Waals surface area contributed by atoms with Gasteiger partial charge in [-0.05, 0) is 18.4 Å². The first kappa shape index (κ1) is 8.48. The summed E-state index contributed by atoms with van der Waals surface area (Å²) in [4.78, 5) is 8.08. The summed E-state index contributed by atoms with van der Waals surface area (Å²) in [5.41, 5.74) is 6.61. The Hall–Kier alpha value is -1.12. The molecule has 70 valence electrons. The molecule has 13 heavy (non-hydrogen) atoms. The normalized spacial score (nSPS) is 17.8. The summed E-state index contributed by atoms with van der Waals surface area (Å²) in [6.07, 6.45) is 8.28. The minimum Gasteiger partial charge on any atom is -0.368 e. The predicted octanol–water partition coefficient (Wildman–Crippen LogP) is 1.79. The molecule has 0 amide bonds. The summed E-state index contributed by atoms with van der Waals surface area (Å²) < 4.78 is 0. The number of rotatable bonds is 2. The van der Waals surface area contributed by atoms with Crippen molar-refractivity contribution in [3.63, 3.8) is 0 Å². The van der Waals surface area contributed by atoms with Gasteiger partial charge in [0.05, 0.1) is 0 Å². The van der Waals surface area contributed by atoms with Crippen LogP contribution in [0.1, 0.15) is 31.4 Å². The van der Waals surface area contributed by atoms with Crippen molar-refractivity contribution in [2.24, 2.45) is 5.92 Å². The fourth-order valence-electron chi connectivity index (χ4n) is 2.04. The van der Waals surface area contributed by atoms with Crippen LogP contribution in [0.4, 0.5) is 5.95 Å². The maximum atomic E-state index is 5.51. The number of hydrogen-bond acceptors (Lipinski definition) is 3. The highest BCUT2D eigenvalue weighted by Gasteiger charge is 2.15. The van der Waals surface area contributed by atoms with E-state index in [4.69, 9.17) is 5.73 Å². The second kappa shape index (κ2) is 3.73. The SMILES string of the molecule is Nc1nccc(CC2CCCC2)n1. The Kier molecular flexibility index (Phi) is 2.43. The van der Waals surface area contributed by atoms with Gasteiger partial charge in [-0.2, -0.15) is 0 Å². The first-order valence-corrected chi connectivity index (χ1v) is 4.92. The van der Waals surface area contributed by atoms with E-state index in [1.807, 2.05) is 6.07 Å². The third-order valence-electron chi connectivity index (χ3n) is 2.70. The molecule has 1 fully saturated rings. The van der Waals surface area contributed by atoms with Crippen LogP contribution < -0.4 is 5.73 Å². The standard InChI is InChI=1S/C10H15N3/c11-10-12-6-5-9(13-10)7-8-3-1-2-4-8/h5-6,8H,1-4,7H2,(H2,11,12,13). The van der Waals surface area contributed by atoms with E-state index in [9.17, 15) is 0 Å². The van der Waals surface area contributed by atoms with Crippen LogP contribution in [-0.2, 0) is 6.42 Å². The molecule has 0 aliphatic heterocycles. The third-order valence-corrected chi connectivity index (χ3v) is 2.70. The van der Waals surface area contributed by atoms with Gasteiger partial charge < -0.3 is 5.73 Å². The van der Waals surface area contributed by atoms with Crippen molar-refractivity contribution in [2.75, 3.05) is 5.73 Å². The monoisotopic (exact) mass is 177 g/mol. The molecule has 0 bridgehead atoms. The third kappa shape index (κ3) is 2.17. The highest BCUT2D eigenvalue weighted by atomic mass is 15.0. The number of anilines is 1.